The molecule has 5 nitrogen and oxygen atoms in total. The molecule has 0 aliphatic rings. The van der Waals surface area contributed by atoms with E-state index in [0.29, 0.717) is 5.52 Å². The van der Waals surface area contributed by atoms with E-state index >= 15 is 0 Å². The Morgan fingerprint density at radius 2 is 2.07 bits per heavy atom. The average Bonchev–Trinajstić information content (AvgIpc) is 3.26. The highest BCUT2D eigenvalue weighted by molar-refractivity contribution is 5.95. The lowest BCUT2D eigenvalue weighted by molar-refractivity contribution is -0.114. The minimum Gasteiger partial charge on any atom is -0.334 e. The van der Waals surface area contributed by atoms with Crippen LogP contribution in [0.25, 0.3) is 28.2 Å². The molecule has 0 aliphatic carbocycles. The van der Waals surface area contributed by atoms with Gasteiger partial charge in [-0.15, -0.1) is 0 Å². The number of hydrogen-bond acceptors (Lipinski definition) is 4. The van der Waals surface area contributed by atoms with E-state index in [1.54, 1.807) is 24.7 Å². The van der Waals surface area contributed by atoms with Crippen molar-refractivity contribution in [3.05, 3.63) is 84.3 Å². The number of benzene rings is 2. The molecule has 0 aliphatic heterocycles. The lowest BCUT2D eigenvalue weighted by atomic mass is 10.1. The fraction of sp³-hybridized carbons (Fsp3) is 0.0909. The summed E-state index contributed by atoms with van der Waals surface area (Å²) in [6.07, 6.45) is 3.08. The van der Waals surface area contributed by atoms with Gasteiger partial charge in [-0.2, -0.15) is 10.2 Å². The van der Waals surface area contributed by atoms with Crippen molar-refractivity contribution in [1.82, 2.24) is 19.7 Å². The van der Waals surface area contributed by atoms with Crippen LogP contribution in [0.15, 0.2) is 73.1 Å². The molecule has 2 heterocycles. The zero-order valence-corrected chi connectivity index (χ0v) is 14.4. The van der Waals surface area contributed by atoms with Gasteiger partial charge in [0.05, 0.1) is 45.4 Å². The predicted molar refractivity (Wildman–Crippen MR) is 106 cm³/mol. The summed E-state index contributed by atoms with van der Waals surface area (Å²) in [5.74, 6) is -0.784. The zero-order chi connectivity index (χ0) is 24.7. The molecule has 0 fully saturated rings. The van der Waals surface area contributed by atoms with Crippen molar-refractivity contribution in [2.24, 2.45) is 7.05 Å². The topological polar surface area (TPSA) is 60.7 Å². The monoisotopic (exact) mass is 361 g/mol. The molecule has 0 bridgehead atoms. The second-order valence-corrected chi connectivity index (χ2v) is 5.85. The number of rotatable bonds is 5. The van der Waals surface area contributed by atoms with Crippen molar-refractivity contribution in [2.75, 3.05) is 0 Å². The van der Waals surface area contributed by atoms with Gasteiger partial charge in [-0.1, -0.05) is 42.3 Å². The molecule has 4 rings (SSSR count). The normalized spacial score (nSPS) is 15.7. The Balaban J connectivity index is 1.68. The largest absolute Gasteiger partial charge is 0.334 e. The van der Waals surface area contributed by atoms with Crippen LogP contribution in [0.4, 0.5) is 0 Å². The molecular weight excluding hydrogens is 336 g/mol. The molecule has 0 amide bonds. The van der Waals surface area contributed by atoms with E-state index in [0.717, 1.165) is 16.6 Å². The van der Waals surface area contributed by atoms with Crippen molar-refractivity contribution in [3.8, 4) is 11.3 Å². The fourth-order valence-corrected chi connectivity index (χ4v) is 2.62. The van der Waals surface area contributed by atoms with Crippen LogP contribution in [-0.4, -0.2) is 25.5 Å². The maximum Gasteiger partial charge on any atom is 0.161 e. The molecule has 0 radical (unpaired) electrons. The number of aromatic nitrogens is 4. The smallest absolute Gasteiger partial charge is 0.161 e. The van der Waals surface area contributed by atoms with Crippen LogP contribution in [0.3, 0.4) is 0 Å². The van der Waals surface area contributed by atoms with E-state index in [9.17, 15) is 4.79 Å². The quantitative estimate of drug-likeness (QED) is 0.507. The Bertz CT molecular complexity index is 1470. The molecule has 0 saturated heterocycles. The Morgan fingerprint density at radius 3 is 2.85 bits per heavy atom. The number of ketones is 1. The molecule has 5 heteroatoms. The summed E-state index contributed by atoms with van der Waals surface area (Å²) in [7, 11) is 1.87. The fourth-order valence-electron chi connectivity index (χ4n) is 2.62. The molecule has 132 valence electrons. The molecular formula is C22H18N4O. The number of allylic oxidation sites excluding steroid dienone is 1. The van der Waals surface area contributed by atoms with Crippen molar-refractivity contribution in [3.63, 3.8) is 0 Å². The van der Waals surface area contributed by atoms with Crippen LogP contribution in [0.1, 0.15) is 20.9 Å². The maximum absolute atomic E-state index is 12.7. The second-order valence-electron chi connectivity index (χ2n) is 5.85. The first-order valence-corrected chi connectivity index (χ1v) is 8.11. The van der Waals surface area contributed by atoms with Gasteiger partial charge in [-0.05, 0) is 29.8 Å². The van der Waals surface area contributed by atoms with E-state index in [1.165, 1.54) is 0 Å². The summed E-state index contributed by atoms with van der Waals surface area (Å²) in [4.78, 5) is 16.8. The van der Waals surface area contributed by atoms with Gasteiger partial charge in [0.1, 0.15) is 0 Å². The standard InChI is InChI=1S/C22H18N4O/c1-26-15-23-14-22(26)17-8-10-21-18(11-17)12-19(24-25-21)13-20(27)9-7-16-5-3-2-4-6-16/h2-12,14-15H,13H2,1H3/b9-7+/i2D,3D,4D,5D,6D,7D,9D. The molecule has 2 aromatic carbocycles. The van der Waals surface area contributed by atoms with E-state index in [-0.39, 0.29) is 12.1 Å². The van der Waals surface area contributed by atoms with Crippen molar-refractivity contribution >= 4 is 22.7 Å². The first-order valence-electron chi connectivity index (χ1n) is 11.6. The lowest BCUT2D eigenvalue weighted by Gasteiger charge is -2.05. The summed E-state index contributed by atoms with van der Waals surface area (Å²) in [6.45, 7) is 0. The van der Waals surface area contributed by atoms with Crippen LogP contribution >= 0.6 is 0 Å². The van der Waals surface area contributed by atoms with E-state index in [4.69, 9.17) is 9.60 Å². The molecule has 27 heavy (non-hydrogen) atoms. The number of nitrogens with zero attached hydrogens (tertiary/aromatic N) is 4. The molecule has 0 saturated carbocycles. The third-order valence-electron chi connectivity index (χ3n) is 3.92. The van der Waals surface area contributed by atoms with Crippen molar-refractivity contribution in [2.45, 2.75) is 6.42 Å². The molecule has 2 aromatic heterocycles. The Hall–Kier alpha value is -3.60. The average molecular weight is 361 g/mol. The van der Waals surface area contributed by atoms with Crippen LogP contribution < -0.4 is 0 Å². The van der Waals surface area contributed by atoms with Crippen LogP contribution in [-0.2, 0) is 18.3 Å². The second kappa shape index (κ2) is 7.33. The lowest BCUT2D eigenvalue weighted by Crippen LogP contribution is -2.02. The predicted octanol–water partition coefficient (Wildman–Crippen LogP) is 3.86. The van der Waals surface area contributed by atoms with Gasteiger partial charge in [0.25, 0.3) is 0 Å². The Kier molecular flexibility index (Phi) is 2.86. The van der Waals surface area contributed by atoms with Crippen LogP contribution in [0, 0.1) is 0 Å². The van der Waals surface area contributed by atoms with Gasteiger partial charge < -0.3 is 4.57 Å². The minimum absolute atomic E-state index is 0.276. The van der Waals surface area contributed by atoms with Crippen LogP contribution in [0.5, 0.6) is 0 Å². The van der Waals surface area contributed by atoms with E-state index in [1.807, 2.05) is 23.7 Å². The summed E-state index contributed by atoms with van der Waals surface area (Å²) >= 11 is 0. The Labute approximate surface area is 166 Å². The first kappa shape index (κ1) is 10.5. The number of carbonyl (C=O) groups is 1. The van der Waals surface area contributed by atoms with Gasteiger partial charge >= 0.3 is 0 Å². The maximum atomic E-state index is 12.7. The Morgan fingerprint density at radius 1 is 1.22 bits per heavy atom. The molecule has 4 aromatic rings. The number of imidazole rings is 1. The first-order chi connectivity index (χ1) is 16.1. The highest BCUT2D eigenvalue weighted by Gasteiger charge is 2.07. The van der Waals surface area contributed by atoms with Gasteiger partial charge in [-0.25, -0.2) is 4.98 Å². The number of hydrogen-bond donors (Lipinski definition) is 0. The molecule has 0 spiro atoms. The number of aryl methyl sites for hydroxylation is 1. The number of carbonyl (C=O) groups excluding carboxylic acids is 1. The van der Waals surface area contributed by atoms with E-state index in [2.05, 4.69) is 15.2 Å². The molecule has 0 N–H and O–H groups in total. The molecule has 0 atom stereocenters. The SMILES string of the molecule is [2H]/C(C(=O)Cc1cc2cc(-c3cncn3C)ccc2nn1)=C(/[2H])c1c([2H])c([2H])c([2H])c([2H])c1[2H]. The number of fused-ring (bicyclic) bond motifs is 1. The van der Waals surface area contributed by atoms with Gasteiger partial charge in [0, 0.05) is 18.0 Å². The summed E-state index contributed by atoms with van der Waals surface area (Å²) in [6, 6.07) is 2.57. The highest BCUT2D eigenvalue weighted by Crippen LogP contribution is 2.23. The van der Waals surface area contributed by atoms with Crippen molar-refractivity contribution in [1.29, 1.82) is 0 Å². The summed E-state index contributed by atoms with van der Waals surface area (Å²) in [5.41, 5.74) is 2.19. The zero-order valence-electron chi connectivity index (χ0n) is 21.4. The third-order valence-corrected chi connectivity index (χ3v) is 3.92. The van der Waals surface area contributed by atoms with Crippen LogP contribution in [0.2, 0.25) is 0 Å². The summed E-state index contributed by atoms with van der Waals surface area (Å²) in [5, 5.41) is 8.88. The molecule has 0 unspecified atom stereocenters. The third kappa shape index (κ3) is 3.82. The van der Waals surface area contributed by atoms with Gasteiger partial charge in [0.2, 0.25) is 0 Å². The van der Waals surface area contributed by atoms with Gasteiger partial charge in [0.15, 0.2) is 5.78 Å². The van der Waals surface area contributed by atoms with E-state index < -0.39 is 53.7 Å². The van der Waals surface area contributed by atoms with Crippen molar-refractivity contribution < 1.29 is 14.4 Å². The minimum atomic E-state index is -0.784. The van der Waals surface area contributed by atoms with Gasteiger partial charge in [-0.3, -0.25) is 4.79 Å². The summed E-state index contributed by atoms with van der Waals surface area (Å²) < 4.78 is 57.2. The highest BCUT2D eigenvalue weighted by atomic mass is 16.1.